The van der Waals surface area contributed by atoms with Gasteiger partial charge in [0.2, 0.25) is 0 Å². The Balaban J connectivity index is 3.32. The first-order chi connectivity index (χ1) is 15.2. The molecule has 204 valence electrons. The number of halogens is 17. The lowest BCUT2D eigenvalue weighted by Gasteiger charge is -2.42. The summed E-state index contributed by atoms with van der Waals surface area (Å²) in [5, 5.41) is 0. The first-order valence-corrected chi connectivity index (χ1v) is 8.25. The van der Waals surface area contributed by atoms with Crippen molar-refractivity contribution >= 4 is 5.97 Å². The summed E-state index contributed by atoms with van der Waals surface area (Å²) in [7, 11) is 0. The maximum atomic E-state index is 13.6. The van der Waals surface area contributed by atoms with Gasteiger partial charge in [-0.15, -0.1) is 0 Å². The number of rotatable bonds is 10. The van der Waals surface area contributed by atoms with Crippen molar-refractivity contribution in [2.45, 2.75) is 54.1 Å². The number of carbonyl (C=O) groups is 1. The maximum absolute atomic E-state index is 13.6. The highest BCUT2D eigenvalue weighted by Crippen LogP contribution is 2.64. The predicted octanol–water partition coefficient (Wildman–Crippen LogP) is 6.57. The SMILES string of the molecule is O=C(OCCC(F)(F)C(F)(F)C(F)(F)C(F)(F)C(F)(F)C(F)(F)C(F)(F)C(F)(F)F)c1cc[nH]c1. The number of aromatic nitrogens is 1. The number of hydrogen-bond acceptors (Lipinski definition) is 2. The zero-order valence-corrected chi connectivity index (χ0v) is 15.9. The highest BCUT2D eigenvalue weighted by molar-refractivity contribution is 5.89. The molecule has 1 N–H and O–H groups in total. The summed E-state index contributed by atoms with van der Waals surface area (Å²) < 4.78 is 227. The van der Waals surface area contributed by atoms with E-state index >= 15 is 0 Å². The third-order valence-corrected chi connectivity index (χ3v) is 4.27. The van der Waals surface area contributed by atoms with Crippen LogP contribution in [0.5, 0.6) is 0 Å². The van der Waals surface area contributed by atoms with E-state index in [1.54, 1.807) is 0 Å². The van der Waals surface area contributed by atoms with Crippen LogP contribution in [0.1, 0.15) is 16.8 Å². The van der Waals surface area contributed by atoms with E-state index in [1.165, 1.54) is 0 Å². The highest BCUT2D eigenvalue weighted by Gasteiger charge is 2.95. The van der Waals surface area contributed by atoms with Crippen molar-refractivity contribution in [1.29, 1.82) is 0 Å². The lowest BCUT2D eigenvalue weighted by molar-refractivity contribution is -0.461. The fourth-order valence-electron chi connectivity index (χ4n) is 2.16. The Bertz CT molecular complexity index is 888. The summed E-state index contributed by atoms with van der Waals surface area (Å²) in [4.78, 5) is 13.5. The average molecular weight is 557 g/mol. The van der Waals surface area contributed by atoms with Gasteiger partial charge in [0.05, 0.1) is 18.6 Å². The van der Waals surface area contributed by atoms with E-state index in [4.69, 9.17) is 0 Å². The number of carbonyl (C=O) groups excluding carboxylic acids is 1. The second kappa shape index (κ2) is 8.59. The lowest BCUT2D eigenvalue weighted by Crippen LogP contribution is -2.74. The standard InChI is InChI=1S/C15H8F17NO2/c16-8(17,2-4-35-7(34)6-1-3-33-5-6)9(18,19)10(20,21)11(22,23)12(24,25)13(26,27)14(28,29)15(30,31)32/h1,3,5,33H,2,4H2. The van der Waals surface area contributed by atoms with Crippen molar-refractivity contribution in [3.8, 4) is 0 Å². The van der Waals surface area contributed by atoms with E-state index in [0.29, 0.717) is 0 Å². The molecule has 0 saturated heterocycles. The summed E-state index contributed by atoms with van der Waals surface area (Å²) in [6.45, 7) is -1.99. The lowest BCUT2D eigenvalue weighted by atomic mass is 9.88. The van der Waals surface area contributed by atoms with Gasteiger partial charge in [0, 0.05) is 12.4 Å². The van der Waals surface area contributed by atoms with Crippen LogP contribution >= 0.6 is 0 Å². The Morgan fingerprint density at radius 1 is 0.657 bits per heavy atom. The first-order valence-electron chi connectivity index (χ1n) is 8.25. The number of nitrogens with one attached hydrogen (secondary N) is 1. The van der Waals surface area contributed by atoms with E-state index in [1.807, 2.05) is 0 Å². The van der Waals surface area contributed by atoms with Crippen LogP contribution in [0, 0.1) is 0 Å². The van der Waals surface area contributed by atoms with Crippen LogP contribution in [0.3, 0.4) is 0 Å². The van der Waals surface area contributed by atoms with Gasteiger partial charge in [0.25, 0.3) is 0 Å². The summed E-state index contributed by atoms with van der Waals surface area (Å²) in [5.74, 6) is -58.4. The molecule has 1 rings (SSSR count). The number of H-pyrrole nitrogens is 1. The fourth-order valence-corrected chi connectivity index (χ4v) is 2.16. The van der Waals surface area contributed by atoms with Gasteiger partial charge in [-0.2, -0.15) is 74.6 Å². The van der Waals surface area contributed by atoms with Crippen LogP contribution in [-0.2, 0) is 4.74 Å². The first kappa shape index (κ1) is 30.6. The second-order valence-corrected chi connectivity index (χ2v) is 6.63. The molecule has 0 unspecified atom stereocenters. The van der Waals surface area contributed by atoms with Gasteiger partial charge in [0.1, 0.15) is 0 Å². The number of alkyl halides is 17. The van der Waals surface area contributed by atoms with Crippen molar-refractivity contribution in [3.63, 3.8) is 0 Å². The molecule has 0 aliphatic carbocycles. The Morgan fingerprint density at radius 2 is 1.06 bits per heavy atom. The molecule has 1 aromatic heterocycles. The van der Waals surface area contributed by atoms with Gasteiger partial charge in [-0.05, 0) is 6.07 Å². The van der Waals surface area contributed by atoms with Crippen molar-refractivity contribution in [1.82, 2.24) is 4.98 Å². The van der Waals surface area contributed by atoms with E-state index in [2.05, 4.69) is 9.72 Å². The van der Waals surface area contributed by atoms with Crippen LogP contribution in [0.2, 0.25) is 0 Å². The Hall–Kier alpha value is -2.44. The maximum Gasteiger partial charge on any atom is 0.460 e. The van der Waals surface area contributed by atoms with Gasteiger partial charge in [0.15, 0.2) is 0 Å². The van der Waals surface area contributed by atoms with Crippen LogP contribution in [0.25, 0.3) is 0 Å². The van der Waals surface area contributed by atoms with Gasteiger partial charge in [-0.3, -0.25) is 0 Å². The molecular weight excluding hydrogens is 549 g/mol. The third-order valence-electron chi connectivity index (χ3n) is 4.27. The minimum atomic E-state index is -8.68. The van der Waals surface area contributed by atoms with Crippen LogP contribution in [0.4, 0.5) is 74.6 Å². The zero-order valence-electron chi connectivity index (χ0n) is 15.9. The highest BCUT2D eigenvalue weighted by atomic mass is 19.4. The number of ether oxygens (including phenoxy) is 1. The molecule has 3 nitrogen and oxygen atoms in total. The molecule has 0 atom stereocenters. The van der Waals surface area contributed by atoms with Gasteiger partial charge < -0.3 is 9.72 Å². The Labute approximate surface area is 181 Å². The van der Waals surface area contributed by atoms with Crippen LogP contribution < -0.4 is 0 Å². The van der Waals surface area contributed by atoms with E-state index in [0.717, 1.165) is 18.5 Å². The monoisotopic (exact) mass is 557 g/mol. The molecule has 0 amide bonds. The molecule has 0 fully saturated rings. The van der Waals surface area contributed by atoms with Crippen molar-refractivity contribution in [2.24, 2.45) is 0 Å². The van der Waals surface area contributed by atoms with Crippen molar-refractivity contribution in [3.05, 3.63) is 24.0 Å². The smallest absolute Gasteiger partial charge is 0.460 e. The summed E-state index contributed by atoms with van der Waals surface area (Å²) in [5.41, 5.74) is -0.468. The number of esters is 1. The quantitative estimate of drug-likeness (QED) is 0.261. The van der Waals surface area contributed by atoms with E-state index < -0.39 is 72.2 Å². The van der Waals surface area contributed by atoms with E-state index in [9.17, 15) is 79.4 Å². The zero-order chi connectivity index (χ0) is 28.1. The van der Waals surface area contributed by atoms with Gasteiger partial charge >= 0.3 is 53.6 Å². The minimum Gasteiger partial charge on any atom is -0.462 e. The molecular formula is C15H8F17NO2. The minimum absolute atomic E-state index is 0.468. The molecule has 0 aliphatic rings. The molecule has 35 heavy (non-hydrogen) atoms. The summed E-state index contributed by atoms with van der Waals surface area (Å²) >= 11 is 0. The van der Waals surface area contributed by atoms with Crippen LogP contribution in [0.15, 0.2) is 18.5 Å². The predicted molar refractivity (Wildman–Crippen MR) is 76.4 cm³/mol. The molecule has 0 bridgehead atoms. The number of hydrogen-bond donors (Lipinski definition) is 1. The molecule has 1 aromatic rings. The number of aromatic amines is 1. The topological polar surface area (TPSA) is 42.1 Å². The second-order valence-electron chi connectivity index (χ2n) is 6.63. The van der Waals surface area contributed by atoms with E-state index in [-0.39, 0.29) is 0 Å². The normalized spacial score (nSPS) is 15.3. The molecule has 0 saturated carbocycles. The van der Waals surface area contributed by atoms with Gasteiger partial charge in [-0.25, -0.2) is 4.79 Å². The third kappa shape index (κ3) is 4.47. The Morgan fingerprint density at radius 3 is 1.43 bits per heavy atom. The van der Waals surface area contributed by atoms with Crippen molar-refractivity contribution < 1.29 is 84.2 Å². The summed E-state index contributed by atoms with van der Waals surface area (Å²) in [6.07, 6.45) is -8.77. The molecule has 0 aromatic carbocycles. The van der Waals surface area contributed by atoms with Gasteiger partial charge in [-0.1, -0.05) is 0 Å². The molecule has 20 heteroatoms. The molecule has 1 heterocycles. The Kier molecular flexibility index (Phi) is 7.51. The molecule has 0 spiro atoms. The largest absolute Gasteiger partial charge is 0.462 e. The van der Waals surface area contributed by atoms with Crippen molar-refractivity contribution in [2.75, 3.05) is 6.61 Å². The summed E-state index contributed by atoms with van der Waals surface area (Å²) in [6, 6.07) is 0.906. The molecule has 0 aliphatic heterocycles. The fraction of sp³-hybridized carbons (Fsp3) is 0.667. The van der Waals surface area contributed by atoms with Crippen LogP contribution in [-0.4, -0.2) is 65.2 Å². The molecule has 0 radical (unpaired) electrons. The average Bonchev–Trinajstić information content (AvgIpc) is 3.20.